The molecule has 1 unspecified atom stereocenters. The van der Waals surface area contributed by atoms with Gasteiger partial charge in [0.1, 0.15) is 0 Å². The van der Waals surface area contributed by atoms with Gasteiger partial charge in [0.15, 0.2) is 0 Å². The first-order valence-electron chi connectivity index (χ1n) is 8.43. The maximum Gasteiger partial charge on any atom is 0.0506 e. The normalized spacial score (nSPS) is 14.0. The summed E-state index contributed by atoms with van der Waals surface area (Å²) in [4.78, 5) is 2.40. The van der Waals surface area contributed by atoms with Gasteiger partial charge in [0, 0.05) is 5.54 Å². The van der Waals surface area contributed by atoms with Crippen LogP contribution in [-0.2, 0) is 0 Å². The van der Waals surface area contributed by atoms with Crippen molar-refractivity contribution in [2.45, 2.75) is 65.0 Å². The minimum Gasteiger partial charge on any atom is -0.309 e. The van der Waals surface area contributed by atoms with Crippen molar-refractivity contribution in [3.8, 4) is 0 Å². The van der Waals surface area contributed by atoms with Gasteiger partial charge in [-0.05, 0) is 50.5 Å². The van der Waals surface area contributed by atoms with E-state index in [4.69, 9.17) is 0 Å². The third-order valence-electron chi connectivity index (χ3n) is 5.00. The first kappa shape index (κ1) is 18.2. The number of hydrogen-bond donors (Lipinski definition) is 1. The predicted octanol–water partition coefficient (Wildman–Crippen LogP) is 4.58. The second-order valence-corrected chi connectivity index (χ2v) is 6.52. The van der Waals surface area contributed by atoms with Crippen LogP contribution < -0.4 is 5.32 Å². The molecule has 0 bridgehead atoms. The van der Waals surface area contributed by atoms with E-state index in [2.05, 4.69) is 83.2 Å². The Labute approximate surface area is 131 Å². The van der Waals surface area contributed by atoms with E-state index in [0.717, 1.165) is 19.4 Å². The fourth-order valence-electron chi connectivity index (χ4n) is 3.44. The number of benzene rings is 1. The molecule has 0 aromatic heterocycles. The zero-order valence-electron chi connectivity index (χ0n) is 15.0. The summed E-state index contributed by atoms with van der Waals surface area (Å²) in [6.07, 6.45) is 2.28. The Hall–Kier alpha value is -0.860. The van der Waals surface area contributed by atoms with Gasteiger partial charge in [-0.25, -0.2) is 0 Å². The number of rotatable bonds is 8. The lowest BCUT2D eigenvalue weighted by molar-refractivity contribution is 0.0889. The van der Waals surface area contributed by atoms with Gasteiger partial charge in [-0.3, -0.25) is 0 Å². The summed E-state index contributed by atoms with van der Waals surface area (Å²) in [5.41, 5.74) is 2.98. The molecule has 1 aromatic carbocycles. The summed E-state index contributed by atoms with van der Waals surface area (Å²) >= 11 is 0. The minimum atomic E-state index is 0.162. The molecule has 0 saturated heterocycles. The van der Waals surface area contributed by atoms with Crippen molar-refractivity contribution in [3.05, 3.63) is 35.4 Å². The highest BCUT2D eigenvalue weighted by Gasteiger charge is 2.38. The molecule has 2 heteroatoms. The summed E-state index contributed by atoms with van der Waals surface area (Å²) in [6.45, 7) is 12.3. The van der Waals surface area contributed by atoms with Crippen LogP contribution in [0, 0.1) is 0 Å². The van der Waals surface area contributed by atoms with Crippen LogP contribution in [0.3, 0.4) is 0 Å². The lowest BCUT2D eigenvalue weighted by Gasteiger charge is -2.46. The molecule has 0 heterocycles. The molecule has 0 aliphatic rings. The minimum absolute atomic E-state index is 0.162. The van der Waals surface area contributed by atoms with Crippen LogP contribution in [0.1, 0.15) is 70.5 Å². The lowest BCUT2D eigenvalue weighted by atomic mass is 9.79. The molecular weight excluding hydrogens is 256 g/mol. The summed E-state index contributed by atoms with van der Waals surface area (Å²) in [5, 5.41) is 3.73. The fraction of sp³-hybridized carbons (Fsp3) is 0.684. The standard InChI is InChI=1S/C19H34N2/c1-8-19(9-2,21(6)7)18(20-10-3)17-13-11-16(12-14-17)15(4)5/h11-15,18,20H,8-10H2,1-7H3. The van der Waals surface area contributed by atoms with Gasteiger partial charge in [0.2, 0.25) is 0 Å². The lowest BCUT2D eigenvalue weighted by Crippen LogP contribution is -2.53. The smallest absolute Gasteiger partial charge is 0.0506 e. The van der Waals surface area contributed by atoms with E-state index in [1.165, 1.54) is 11.1 Å². The van der Waals surface area contributed by atoms with Gasteiger partial charge in [0.05, 0.1) is 6.04 Å². The van der Waals surface area contributed by atoms with Crippen LogP contribution >= 0.6 is 0 Å². The molecule has 1 N–H and O–H groups in total. The Morgan fingerprint density at radius 1 is 0.952 bits per heavy atom. The summed E-state index contributed by atoms with van der Waals surface area (Å²) < 4.78 is 0. The highest BCUT2D eigenvalue weighted by atomic mass is 15.2. The number of likely N-dealkylation sites (N-methyl/N-ethyl adjacent to an activating group) is 2. The van der Waals surface area contributed by atoms with Crippen LogP contribution in [0.4, 0.5) is 0 Å². The van der Waals surface area contributed by atoms with Gasteiger partial charge in [0.25, 0.3) is 0 Å². The monoisotopic (exact) mass is 290 g/mol. The van der Waals surface area contributed by atoms with E-state index in [-0.39, 0.29) is 5.54 Å². The Kier molecular flexibility index (Phi) is 6.89. The second-order valence-electron chi connectivity index (χ2n) is 6.52. The van der Waals surface area contributed by atoms with E-state index in [0.29, 0.717) is 12.0 Å². The van der Waals surface area contributed by atoms with Crippen molar-refractivity contribution < 1.29 is 0 Å². The second kappa shape index (κ2) is 7.95. The maximum absolute atomic E-state index is 3.73. The van der Waals surface area contributed by atoms with Crippen LogP contribution in [0.25, 0.3) is 0 Å². The van der Waals surface area contributed by atoms with Crippen molar-refractivity contribution in [2.75, 3.05) is 20.6 Å². The third-order valence-corrected chi connectivity index (χ3v) is 5.00. The van der Waals surface area contributed by atoms with Crippen LogP contribution in [0.2, 0.25) is 0 Å². The van der Waals surface area contributed by atoms with Crippen molar-refractivity contribution in [1.82, 2.24) is 10.2 Å². The van der Waals surface area contributed by atoms with E-state index >= 15 is 0 Å². The highest BCUT2D eigenvalue weighted by Crippen LogP contribution is 2.36. The Morgan fingerprint density at radius 2 is 1.43 bits per heavy atom. The molecule has 0 amide bonds. The molecule has 21 heavy (non-hydrogen) atoms. The van der Waals surface area contributed by atoms with E-state index in [1.54, 1.807) is 0 Å². The predicted molar refractivity (Wildman–Crippen MR) is 93.9 cm³/mol. The van der Waals surface area contributed by atoms with E-state index < -0.39 is 0 Å². The quantitative estimate of drug-likeness (QED) is 0.754. The van der Waals surface area contributed by atoms with Crippen molar-refractivity contribution in [2.24, 2.45) is 0 Å². The molecular formula is C19H34N2. The average Bonchev–Trinajstić information content (AvgIpc) is 2.47. The highest BCUT2D eigenvalue weighted by molar-refractivity contribution is 5.29. The first-order valence-corrected chi connectivity index (χ1v) is 8.43. The van der Waals surface area contributed by atoms with E-state index in [9.17, 15) is 0 Å². The fourth-order valence-corrected chi connectivity index (χ4v) is 3.44. The van der Waals surface area contributed by atoms with Crippen LogP contribution in [-0.4, -0.2) is 31.1 Å². The largest absolute Gasteiger partial charge is 0.309 e. The number of hydrogen-bond acceptors (Lipinski definition) is 2. The SMILES string of the molecule is CCNC(c1ccc(C(C)C)cc1)C(CC)(CC)N(C)C. The van der Waals surface area contributed by atoms with Crippen molar-refractivity contribution >= 4 is 0 Å². The Bertz CT molecular complexity index is 402. The molecule has 120 valence electrons. The molecule has 0 aliphatic heterocycles. The maximum atomic E-state index is 3.73. The van der Waals surface area contributed by atoms with Gasteiger partial charge >= 0.3 is 0 Å². The van der Waals surface area contributed by atoms with E-state index in [1.807, 2.05) is 0 Å². The summed E-state index contributed by atoms with van der Waals surface area (Å²) in [7, 11) is 4.42. The zero-order chi connectivity index (χ0) is 16.0. The van der Waals surface area contributed by atoms with Crippen LogP contribution in [0.5, 0.6) is 0 Å². The number of nitrogens with zero attached hydrogens (tertiary/aromatic N) is 1. The molecule has 1 rings (SSSR count). The van der Waals surface area contributed by atoms with Gasteiger partial charge < -0.3 is 10.2 Å². The Balaban J connectivity index is 3.21. The van der Waals surface area contributed by atoms with Crippen molar-refractivity contribution in [3.63, 3.8) is 0 Å². The molecule has 0 aliphatic carbocycles. The van der Waals surface area contributed by atoms with Gasteiger partial charge in [-0.1, -0.05) is 58.9 Å². The third kappa shape index (κ3) is 3.87. The zero-order valence-corrected chi connectivity index (χ0v) is 15.0. The van der Waals surface area contributed by atoms with Crippen molar-refractivity contribution in [1.29, 1.82) is 0 Å². The summed E-state index contributed by atoms with van der Waals surface area (Å²) in [5.74, 6) is 0.590. The molecule has 2 nitrogen and oxygen atoms in total. The average molecular weight is 290 g/mol. The summed E-state index contributed by atoms with van der Waals surface area (Å²) in [6, 6.07) is 9.57. The van der Waals surface area contributed by atoms with Gasteiger partial charge in [-0.2, -0.15) is 0 Å². The first-order chi connectivity index (χ1) is 9.92. The van der Waals surface area contributed by atoms with Gasteiger partial charge in [-0.15, -0.1) is 0 Å². The van der Waals surface area contributed by atoms with Crippen LogP contribution in [0.15, 0.2) is 24.3 Å². The number of nitrogens with one attached hydrogen (secondary N) is 1. The molecule has 0 saturated carbocycles. The molecule has 1 aromatic rings. The topological polar surface area (TPSA) is 15.3 Å². The molecule has 0 fully saturated rings. The molecule has 0 spiro atoms. The molecule has 1 atom stereocenters. The molecule has 0 radical (unpaired) electrons. The Morgan fingerprint density at radius 3 is 1.76 bits per heavy atom.